The van der Waals surface area contributed by atoms with Gasteiger partial charge in [-0.2, -0.15) is 0 Å². The van der Waals surface area contributed by atoms with E-state index in [0.29, 0.717) is 5.92 Å². The highest BCUT2D eigenvalue weighted by atomic mass is 32.2. The van der Waals surface area contributed by atoms with E-state index in [1.54, 1.807) is 0 Å². The largest absolute Gasteiger partial charge is 0.385 e. The van der Waals surface area contributed by atoms with Crippen molar-refractivity contribution in [2.45, 2.75) is 51.0 Å². The summed E-state index contributed by atoms with van der Waals surface area (Å²) in [6, 6.07) is 10.3. The van der Waals surface area contributed by atoms with Crippen LogP contribution in [0.3, 0.4) is 0 Å². The van der Waals surface area contributed by atoms with Crippen LogP contribution >= 0.6 is 0 Å². The van der Waals surface area contributed by atoms with Crippen LogP contribution in [-0.4, -0.2) is 22.4 Å². The molecule has 2 rings (SSSR count). The fourth-order valence-electron chi connectivity index (χ4n) is 3.63. The Labute approximate surface area is 138 Å². The maximum atomic E-state index is 11.6. The van der Waals surface area contributed by atoms with E-state index in [4.69, 9.17) is 6.42 Å². The van der Waals surface area contributed by atoms with Crippen molar-refractivity contribution in [1.82, 2.24) is 0 Å². The number of aliphatic hydroxyl groups is 1. The highest BCUT2D eigenvalue weighted by molar-refractivity contribution is 7.97. The highest BCUT2D eigenvalue weighted by Crippen LogP contribution is 2.41. The Balaban J connectivity index is 2.16. The Morgan fingerprint density at radius 2 is 1.91 bits per heavy atom. The maximum Gasteiger partial charge on any atom is 0.167 e. The fourth-order valence-corrected chi connectivity index (χ4v) is 5.10. The summed E-state index contributed by atoms with van der Waals surface area (Å²) in [6.07, 6.45) is 12.5. The number of hydrogen-bond donors (Lipinski definition) is 1. The van der Waals surface area contributed by atoms with Crippen LogP contribution < -0.4 is 0 Å². The van der Waals surface area contributed by atoms with Crippen molar-refractivity contribution >= 4 is 10.9 Å². The summed E-state index contributed by atoms with van der Waals surface area (Å²) in [7, 11) is 0.248. The van der Waals surface area contributed by atoms with E-state index in [9.17, 15) is 5.11 Å². The molecule has 0 spiro atoms. The smallest absolute Gasteiger partial charge is 0.167 e. The molecule has 1 N–H and O–H groups in total. The molecule has 0 aromatic heterocycles. The molecule has 0 heterocycles. The van der Waals surface area contributed by atoms with Crippen LogP contribution in [0, 0.1) is 18.3 Å². The lowest BCUT2D eigenvalue weighted by Crippen LogP contribution is -2.38. The van der Waals surface area contributed by atoms with E-state index in [-0.39, 0.29) is 10.9 Å². The molecule has 2 atom stereocenters. The first-order chi connectivity index (χ1) is 10.7. The molecular weight excluding hydrogens is 288 g/mol. The van der Waals surface area contributed by atoms with Crippen molar-refractivity contribution in [3.63, 3.8) is 0 Å². The lowest BCUT2D eigenvalue weighted by molar-refractivity contribution is -0.0412. The highest BCUT2D eigenvalue weighted by Gasteiger charge is 2.40. The third-order valence-corrected chi connectivity index (χ3v) is 7.19. The molecule has 0 amide bonds. The van der Waals surface area contributed by atoms with Crippen LogP contribution in [0.15, 0.2) is 30.3 Å². The molecule has 2 heteroatoms. The van der Waals surface area contributed by atoms with Gasteiger partial charge in [-0.1, -0.05) is 55.5 Å². The van der Waals surface area contributed by atoms with Gasteiger partial charge < -0.3 is 5.11 Å². The quantitative estimate of drug-likeness (QED) is 0.592. The summed E-state index contributed by atoms with van der Waals surface area (Å²) in [6.45, 7) is 2.21. The predicted octanol–water partition coefficient (Wildman–Crippen LogP) is 4.12. The van der Waals surface area contributed by atoms with Gasteiger partial charge in [-0.05, 0) is 42.1 Å². The normalized spacial score (nSPS) is 20.0. The minimum Gasteiger partial charge on any atom is -0.385 e. The molecule has 0 bridgehead atoms. The minimum absolute atomic E-state index is 0.248. The second-order valence-corrected chi connectivity index (χ2v) is 8.83. The maximum absolute atomic E-state index is 11.6. The molecule has 1 aliphatic carbocycles. The third-order valence-electron chi connectivity index (χ3n) is 5.02. The summed E-state index contributed by atoms with van der Waals surface area (Å²) >= 11 is 0. The van der Waals surface area contributed by atoms with Crippen molar-refractivity contribution in [2.24, 2.45) is 5.92 Å². The summed E-state index contributed by atoms with van der Waals surface area (Å²) in [5.74, 6) is 6.23. The van der Waals surface area contributed by atoms with Gasteiger partial charge in [-0.15, -0.1) is 6.42 Å². The molecule has 22 heavy (non-hydrogen) atoms. The zero-order chi connectivity index (χ0) is 15.8. The lowest BCUT2D eigenvalue weighted by atomic mass is 9.72. The van der Waals surface area contributed by atoms with Gasteiger partial charge >= 0.3 is 0 Å². The van der Waals surface area contributed by atoms with Gasteiger partial charge in [-0.3, -0.25) is 0 Å². The Morgan fingerprint density at radius 3 is 2.50 bits per heavy atom. The predicted molar refractivity (Wildman–Crippen MR) is 98.0 cm³/mol. The number of benzene rings is 1. The van der Waals surface area contributed by atoms with E-state index < -0.39 is 5.60 Å². The molecule has 0 radical (unpaired) electrons. The van der Waals surface area contributed by atoms with Gasteiger partial charge in [0, 0.05) is 6.42 Å². The molecule has 1 aromatic rings. The Morgan fingerprint density at radius 1 is 1.23 bits per heavy atom. The van der Waals surface area contributed by atoms with E-state index >= 15 is 0 Å². The van der Waals surface area contributed by atoms with Crippen molar-refractivity contribution in [3.05, 3.63) is 35.9 Å². The molecule has 1 nitrogen and oxygen atoms in total. The van der Waals surface area contributed by atoms with Crippen LogP contribution in [0.1, 0.15) is 51.0 Å². The zero-order valence-corrected chi connectivity index (χ0v) is 14.6. The summed E-state index contributed by atoms with van der Waals surface area (Å²) in [5, 5.41) is 11.6. The second-order valence-electron chi connectivity index (χ2n) is 6.33. The van der Waals surface area contributed by atoms with Crippen molar-refractivity contribution in [1.29, 1.82) is 0 Å². The van der Waals surface area contributed by atoms with E-state index in [0.717, 1.165) is 42.1 Å². The van der Waals surface area contributed by atoms with E-state index in [2.05, 4.69) is 25.0 Å². The van der Waals surface area contributed by atoms with Crippen LogP contribution in [0.5, 0.6) is 0 Å². The molecular formula is C20H29OS+. The zero-order valence-electron chi connectivity index (χ0n) is 13.8. The molecule has 2 unspecified atom stereocenters. The van der Waals surface area contributed by atoms with Gasteiger partial charge in [0.1, 0.15) is 11.5 Å². The molecule has 0 aliphatic heterocycles. The van der Waals surface area contributed by atoms with Gasteiger partial charge in [0.2, 0.25) is 0 Å². The first-order valence-electron chi connectivity index (χ1n) is 8.56. The number of rotatable bonds is 7. The molecule has 1 aliphatic rings. The average Bonchev–Trinajstić information content (AvgIpc) is 2.60. The van der Waals surface area contributed by atoms with Gasteiger partial charge in [0.15, 0.2) is 5.75 Å². The van der Waals surface area contributed by atoms with E-state index in [1.165, 1.54) is 19.3 Å². The molecule has 1 aromatic carbocycles. The minimum atomic E-state index is -0.670. The van der Waals surface area contributed by atoms with Gasteiger partial charge in [0.25, 0.3) is 0 Å². The topological polar surface area (TPSA) is 20.2 Å². The summed E-state index contributed by atoms with van der Waals surface area (Å²) in [5.41, 5.74) is 0.429. The number of terminal acetylenes is 1. The lowest BCUT2D eigenvalue weighted by Gasteiger charge is -2.38. The van der Waals surface area contributed by atoms with Gasteiger partial charge in [-0.25, -0.2) is 0 Å². The van der Waals surface area contributed by atoms with E-state index in [1.807, 2.05) is 18.2 Å². The number of hydrogen-bond acceptors (Lipinski definition) is 1. The second kappa shape index (κ2) is 8.65. The Kier molecular flexibility index (Phi) is 6.86. The van der Waals surface area contributed by atoms with Crippen LogP contribution in [0.2, 0.25) is 0 Å². The monoisotopic (exact) mass is 317 g/mol. The van der Waals surface area contributed by atoms with Crippen molar-refractivity contribution in [3.8, 4) is 12.3 Å². The third kappa shape index (κ3) is 4.31. The van der Waals surface area contributed by atoms with Gasteiger partial charge in [0.05, 0.1) is 5.60 Å². The summed E-state index contributed by atoms with van der Waals surface area (Å²) in [4.78, 5) is 0. The first kappa shape index (κ1) is 17.4. The molecule has 0 saturated heterocycles. The van der Waals surface area contributed by atoms with Crippen LogP contribution in [0.25, 0.3) is 0 Å². The Hall–Kier alpha value is -0.910. The van der Waals surface area contributed by atoms with Crippen molar-refractivity contribution in [2.75, 3.05) is 17.3 Å². The SMILES string of the molecule is C#CC[S+](CC)CCC(O)(c1ccccc1)C1CCCCC1. The van der Waals surface area contributed by atoms with Crippen LogP contribution in [0.4, 0.5) is 0 Å². The van der Waals surface area contributed by atoms with Crippen molar-refractivity contribution < 1.29 is 5.11 Å². The summed E-state index contributed by atoms with van der Waals surface area (Å²) < 4.78 is 0. The molecule has 1 saturated carbocycles. The van der Waals surface area contributed by atoms with Crippen LogP contribution in [-0.2, 0) is 16.5 Å². The first-order valence-corrected chi connectivity index (χ1v) is 10.3. The fraction of sp³-hybridized carbons (Fsp3) is 0.600. The average molecular weight is 318 g/mol. The Bertz CT molecular complexity index is 472. The molecule has 1 fully saturated rings. The standard InChI is InChI=1S/C20H29OS/c1-3-16-22(4-2)17-15-20(21,18-11-7-5-8-12-18)19-13-9-6-10-14-19/h1,5,7-8,11-12,19,21H,4,6,9-10,13-17H2,2H3/q+1. The molecule has 120 valence electrons.